The third kappa shape index (κ3) is 4.58. The molecule has 4 heteroatoms. The number of carboxylic acids is 1. The van der Waals surface area contributed by atoms with Crippen molar-refractivity contribution >= 4 is 5.97 Å². The van der Waals surface area contributed by atoms with Crippen LogP contribution in [0.15, 0.2) is 30.3 Å². The minimum atomic E-state index is -0.908. The number of carboxylic acid groups (broad SMARTS) is 1. The average Bonchev–Trinajstić information content (AvgIpc) is 2.25. The Morgan fingerprint density at radius 1 is 1.33 bits per heavy atom. The maximum atomic E-state index is 10.4. The van der Waals surface area contributed by atoms with Crippen LogP contribution in [-0.4, -0.2) is 28.8 Å². The van der Waals surface area contributed by atoms with E-state index in [2.05, 4.69) is 5.32 Å². The molecule has 1 aromatic rings. The summed E-state index contributed by atoms with van der Waals surface area (Å²) >= 11 is 0. The highest BCUT2D eigenvalue weighted by molar-refractivity contribution is 5.67. The molecule has 0 aliphatic heterocycles. The molecule has 82 valence electrons. The van der Waals surface area contributed by atoms with Crippen molar-refractivity contribution in [2.24, 2.45) is 0 Å². The van der Waals surface area contributed by atoms with E-state index in [0.29, 0.717) is 6.54 Å². The van der Waals surface area contributed by atoms with Crippen LogP contribution < -0.4 is 5.32 Å². The lowest BCUT2D eigenvalue weighted by Gasteiger charge is -2.13. The fraction of sp³-hybridized carbons (Fsp3) is 0.364. The summed E-state index contributed by atoms with van der Waals surface area (Å²) in [5, 5.41) is 20.5. The number of hydrogen-bond acceptors (Lipinski definition) is 3. The Balaban J connectivity index is 2.37. The summed E-state index contributed by atoms with van der Waals surface area (Å²) in [5.41, 5.74) is 1.07. The molecule has 0 amide bonds. The third-order valence-corrected chi connectivity index (χ3v) is 2.08. The summed E-state index contributed by atoms with van der Waals surface area (Å²) in [5.74, 6) is -0.908. The van der Waals surface area contributed by atoms with Gasteiger partial charge in [-0.2, -0.15) is 0 Å². The fourth-order valence-electron chi connectivity index (χ4n) is 1.27. The highest BCUT2D eigenvalue weighted by Crippen LogP contribution is 1.99. The van der Waals surface area contributed by atoms with E-state index in [1.54, 1.807) is 0 Å². The first-order valence-corrected chi connectivity index (χ1v) is 4.82. The van der Waals surface area contributed by atoms with Crippen LogP contribution in [-0.2, 0) is 11.3 Å². The molecule has 1 aromatic carbocycles. The van der Waals surface area contributed by atoms with Crippen molar-refractivity contribution in [3.05, 3.63) is 35.9 Å². The van der Waals surface area contributed by atoms with E-state index >= 15 is 0 Å². The number of carbonyl (C=O) groups is 1. The zero-order valence-electron chi connectivity index (χ0n) is 8.39. The van der Waals surface area contributed by atoms with E-state index in [4.69, 9.17) is 10.2 Å². The largest absolute Gasteiger partial charge is 0.481 e. The summed E-state index contributed by atoms with van der Waals surface area (Å²) in [6.07, 6.45) is -0.0661. The fourth-order valence-corrected chi connectivity index (χ4v) is 1.27. The van der Waals surface area contributed by atoms with E-state index < -0.39 is 5.97 Å². The Morgan fingerprint density at radius 2 is 2.00 bits per heavy atom. The molecule has 0 heterocycles. The molecule has 0 spiro atoms. The van der Waals surface area contributed by atoms with E-state index in [9.17, 15) is 4.79 Å². The lowest BCUT2D eigenvalue weighted by Crippen LogP contribution is -2.34. The molecule has 0 unspecified atom stereocenters. The molecule has 0 radical (unpaired) electrons. The highest BCUT2D eigenvalue weighted by Gasteiger charge is 2.10. The summed E-state index contributed by atoms with van der Waals surface area (Å²) < 4.78 is 0. The van der Waals surface area contributed by atoms with Crippen LogP contribution >= 0.6 is 0 Å². The molecule has 0 fully saturated rings. The van der Waals surface area contributed by atoms with Gasteiger partial charge in [0, 0.05) is 12.6 Å². The van der Waals surface area contributed by atoms with E-state index in [1.807, 2.05) is 30.3 Å². The number of hydrogen-bond donors (Lipinski definition) is 3. The Morgan fingerprint density at radius 3 is 2.53 bits per heavy atom. The monoisotopic (exact) mass is 209 g/mol. The minimum Gasteiger partial charge on any atom is -0.481 e. The van der Waals surface area contributed by atoms with Gasteiger partial charge in [-0.1, -0.05) is 30.3 Å². The van der Waals surface area contributed by atoms with Crippen molar-refractivity contribution in [1.29, 1.82) is 0 Å². The molecular formula is C11H15NO3. The van der Waals surface area contributed by atoms with Crippen LogP contribution in [0.3, 0.4) is 0 Å². The normalized spacial score (nSPS) is 12.3. The lowest BCUT2D eigenvalue weighted by molar-refractivity contribution is -0.137. The molecule has 4 nitrogen and oxygen atoms in total. The van der Waals surface area contributed by atoms with Crippen LogP contribution in [0.1, 0.15) is 12.0 Å². The number of aliphatic hydroxyl groups excluding tert-OH is 1. The van der Waals surface area contributed by atoms with Gasteiger partial charge >= 0.3 is 5.97 Å². The molecular weight excluding hydrogens is 194 g/mol. The molecule has 0 saturated heterocycles. The van der Waals surface area contributed by atoms with Gasteiger partial charge in [0.1, 0.15) is 0 Å². The van der Waals surface area contributed by atoms with Gasteiger partial charge in [0.2, 0.25) is 0 Å². The van der Waals surface area contributed by atoms with Gasteiger partial charge in [-0.25, -0.2) is 0 Å². The van der Waals surface area contributed by atoms with Crippen molar-refractivity contribution in [2.45, 2.75) is 19.0 Å². The predicted octanol–water partition coefficient (Wildman–Crippen LogP) is 0.612. The topological polar surface area (TPSA) is 69.6 Å². The first-order valence-electron chi connectivity index (χ1n) is 4.82. The standard InChI is InChI=1S/C11H15NO3/c13-8-10(6-11(14)15)12-7-9-4-2-1-3-5-9/h1-5,10,12-13H,6-8H2,(H,14,15)/t10-/m1/s1. The summed E-state index contributed by atoms with van der Waals surface area (Å²) in [6, 6.07) is 9.27. The average molecular weight is 209 g/mol. The molecule has 0 aliphatic carbocycles. The molecule has 0 aliphatic rings. The predicted molar refractivity (Wildman–Crippen MR) is 56.4 cm³/mol. The lowest BCUT2D eigenvalue weighted by atomic mass is 10.2. The summed E-state index contributed by atoms with van der Waals surface area (Å²) in [4.78, 5) is 10.4. The van der Waals surface area contributed by atoms with E-state index in [1.165, 1.54) is 0 Å². The maximum absolute atomic E-state index is 10.4. The Labute approximate surface area is 88.6 Å². The number of aliphatic carboxylic acids is 1. The van der Waals surface area contributed by atoms with Crippen LogP contribution in [0.5, 0.6) is 0 Å². The van der Waals surface area contributed by atoms with Crippen LogP contribution in [0.4, 0.5) is 0 Å². The number of nitrogens with one attached hydrogen (secondary N) is 1. The van der Waals surface area contributed by atoms with Crippen LogP contribution in [0.25, 0.3) is 0 Å². The van der Waals surface area contributed by atoms with Gasteiger partial charge in [-0.15, -0.1) is 0 Å². The Hall–Kier alpha value is -1.39. The van der Waals surface area contributed by atoms with Gasteiger partial charge in [0.25, 0.3) is 0 Å². The Kier molecular flexibility index (Phi) is 4.80. The van der Waals surface area contributed by atoms with Gasteiger partial charge in [-0.3, -0.25) is 4.79 Å². The number of rotatable bonds is 6. The first kappa shape index (κ1) is 11.7. The second-order valence-corrected chi connectivity index (χ2v) is 3.34. The summed E-state index contributed by atoms with van der Waals surface area (Å²) in [6.45, 7) is 0.401. The highest BCUT2D eigenvalue weighted by atomic mass is 16.4. The van der Waals surface area contributed by atoms with Crippen molar-refractivity contribution in [1.82, 2.24) is 5.32 Å². The third-order valence-electron chi connectivity index (χ3n) is 2.08. The Bertz CT molecular complexity index is 300. The molecule has 1 rings (SSSR count). The smallest absolute Gasteiger partial charge is 0.305 e. The van der Waals surface area contributed by atoms with Crippen LogP contribution in [0, 0.1) is 0 Å². The van der Waals surface area contributed by atoms with E-state index in [0.717, 1.165) is 5.56 Å². The summed E-state index contributed by atoms with van der Waals surface area (Å²) in [7, 11) is 0. The number of benzene rings is 1. The second kappa shape index (κ2) is 6.16. The minimum absolute atomic E-state index is 0.0661. The molecule has 15 heavy (non-hydrogen) atoms. The van der Waals surface area contributed by atoms with E-state index in [-0.39, 0.29) is 19.1 Å². The SMILES string of the molecule is O=C(O)C[C@H](CO)NCc1ccccc1. The maximum Gasteiger partial charge on any atom is 0.305 e. The first-order chi connectivity index (χ1) is 7.22. The van der Waals surface area contributed by atoms with Gasteiger partial charge in [0.05, 0.1) is 13.0 Å². The molecule has 3 N–H and O–H groups in total. The second-order valence-electron chi connectivity index (χ2n) is 3.34. The quantitative estimate of drug-likeness (QED) is 0.642. The number of aliphatic hydroxyl groups is 1. The van der Waals surface area contributed by atoms with Crippen molar-refractivity contribution in [2.75, 3.05) is 6.61 Å². The van der Waals surface area contributed by atoms with Gasteiger partial charge in [-0.05, 0) is 5.56 Å². The molecule has 1 atom stereocenters. The molecule has 0 aromatic heterocycles. The van der Waals surface area contributed by atoms with Gasteiger partial charge in [0.15, 0.2) is 0 Å². The van der Waals surface area contributed by atoms with Gasteiger partial charge < -0.3 is 15.5 Å². The van der Waals surface area contributed by atoms with Crippen molar-refractivity contribution in [3.63, 3.8) is 0 Å². The molecule has 0 saturated carbocycles. The molecule has 0 bridgehead atoms. The zero-order chi connectivity index (χ0) is 11.1. The van der Waals surface area contributed by atoms with Crippen LogP contribution in [0.2, 0.25) is 0 Å². The van der Waals surface area contributed by atoms with Crippen molar-refractivity contribution in [3.8, 4) is 0 Å². The zero-order valence-corrected chi connectivity index (χ0v) is 8.39. The van der Waals surface area contributed by atoms with Crippen molar-refractivity contribution < 1.29 is 15.0 Å².